The lowest BCUT2D eigenvalue weighted by molar-refractivity contribution is -0.140. The Morgan fingerprint density at radius 3 is 2.27 bits per heavy atom. The van der Waals surface area contributed by atoms with Gasteiger partial charge >= 0.3 is 12.4 Å². The van der Waals surface area contributed by atoms with Gasteiger partial charge in [-0.2, -0.15) is 26.3 Å². The molecule has 0 atom stereocenters. The number of fused-ring (bicyclic) bond motifs is 1. The molecule has 0 saturated heterocycles. The largest absolute Gasteiger partial charge is 0.435 e. The molecule has 6 nitrogen and oxygen atoms in total. The topological polar surface area (TPSA) is 68.0 Å². The molecule has 3 aromatic heterocycles. The molecule has 0 aliphatic rings. The zero-order chi connectivity index (χ0) is 21.5. The van der Waals surface area contributed by atoms with Gasteiger partial charge in [-0.25, -0.2) is 15.0 Å². The van der Waals surface area contributed by atoms with Crippen LogP contribution in [0, 0.1) is 0 Å². The highest BCUT2D eigenvalue weighted by atomic mass is 19.4. The predicted molar refractivity (Wildman–Crippen MR) is 93.7 cm³/mol. The van der Waals surface area contributed by atoms with Crippen molar-refractivity contribution in [3.63, 3.8) is 0 Å². The highest BCUT2D eigenvalue weighted by Gasteiger charge is 2.39. The Morgan fingerprint density at radius 2 is 1.60 bits per heavy atom. The highest BCUT2D eigenvalue weighted by molar-refractivity contribution is 5.65. The molecule has 12 heteroatoms. The SMILES string of the molecule is FC(F)(F)c1ccc(Nc2cncc(-c3c(C(F)(F)F)nc4ncccn34)n2)cc1. The molecule has 1 aromatic carbocycles. The van der Waals surface area contributed by atoms with Crippen LogP contribution in [-0.4, -0.2) is 24.3 Å². The average molecular weight is 424 g/mol. The molecule has 3 heterocycles. The van der Waals surface area contributed by atoms with Gasteiger partial charge < -0.3 is 5.32 Å². The molecular formula is C18H10F6N6. The van der Waals surface area contributed by atoms with Crippen molar-refractivity contribution in [2.45, 2.75) is 12.4 Å². The third-order valence-corrected chi connectivity index (χ3v) is 4.03. The van der Waals surface area contributed by atoms with Gasteiger partial charge in [0, 0.05) is 18.1 Å². The molecule has 154 valence electrons. The van der Waals surface area contributed by atoms with Gasteiger partial charge in [-0.05, 0) is 30.3 Å². The summed E-state index contributed by atoms with van der Waals surface area (Å²) in [5, 5.41) is 2.72. The number of anilines is 2. The van der Waals surface area contributed by atoms with Crippen LogP contribution >= 0.6 is 0 Å². The van der Waals surface area contributed by atoms with Crippen molar-refractivity contribution in [2.24, 2.45) is 0 Å². The third-order valence-electron chi connectivity index (χ3n) is 4.03. The van der Waals surface area contributed by atoms with Crippen LogP contribution in [0.25, 0.3) is 17.2 Å². The van der Waals surface area contributed by atoms with Crippen LogP contribution in [0.1, 0.15) is 11.3 Å². The molecule has 30 heavy (non-hydrogen) atoms. The molecule has 0 aliphatic carbocycles. The minimum atomic E-state index is -4.76. The zero-order valence-corrected chi connectivity index (χ0v) is 14.7. The van der Waals surface area contributed by atoms with Crippen LogP contribution in [0.2, 0.25) is 0 Å². The number of hydrogen-bond donors (Lipinski definition) is 1. The Morgan fingerprint density at radius 1 is 0.867 bits per heavy atom. The number of rotatable bonds is 3. The van der Waals surface area contributed by atoms with Crippen molar-refractivity contribution < 1.29 is 26.3 Å². The van der Waals surface area contributed by atoms with Gasteiger partial charge in [-0.3, -0.25) is 9.38 Å². The van der Waals surface area contributed by atoms with Crippen LogP contribution in [0.3, 0.4) is 0 Å². The van der Waals surface area contributed by atoms with Gasteiger partial charge in [0.25, 0.3) is 0 Å². The standard InChI is InChI=1S/C18H10F6N6/c19-17(20,21)10-2-4-11(5-3-10)27-13-9-25-8-12(28-13)14-15(18(22,23)24)29-16-26-6-1-7-30(14)16/h1-9H,(H,27,28). The van der Waals surface area contributed by atoms with Gasteiger partial charge in [0.15, 0.2) is 5.69 Å². The molecule has 4 aromatic rings. The Bertz CT molecular complexity index is 1200. The highest BCUT2D eigenvalue weighted by Crippen LogP contribution is 2.36. The summed E-state index contributed by atoms with van der Waals surface area (Å²) in [5.74, 6) is -0.123. The van der Waals surface area contributed by atoms with Crippen LogP contribution in [0.4, 0.5) is 37.8 Å². The first-order valence-electron chi connectivity index (χ1n) is 8.30. The smallest absolute Gasteiger partial charge is 0.339 e. The van der Waals surface area contributed by atoms with E-state index in [0.29, 0.717) is 0 Å². The van der Waals surface area contributed by atoms with E-state index in [2.05, 4.69) is 25.3 Å². The fourth-order valence-electron chi connectivity index (χ4n) is 2.76. The maximum atomic E-state index is 13.5. The number of alkyl halides is 6. The molecule has 0 bridgehead atoms. The second-order valence-corrected chi connectivity index (χ2v) is 6.09. The van der Waals surface area contributed by atoms with E-state index in [0.717, 1.165) is 22.7 Å². The first kappa shape index (κ1) is 19.6. The molecule has 0 fully saturated rings. The predicted octanol–water partition coefficient (Wildman–Crippen LogP) is 4.97. The molecule has 0 amide bonds. The number of halogens is 6. The van der Waals surface area contributed by atoms with E-state index < -0.39 is 23.6 Å². The van der Waals surface area contributed by atoms with Crippen molar-refractivity contribution in [2.75, 3.05) is 5.32 Å². The van der Waals surface area contributed by atoms with Crippen LogP contribution in [0.5, 0.6) is 0 Å². The third kappa shape index (κ3) is 3.75. The van der Waals surface area contributed by atoms with Crippen LogP contribution in [0.15, 0.2) is 55.1 Å². The van der Waals surface area contributed by atoms with E-state index in [1.807, 2.05) is 0 Å². The maximum absolute atomic E-state index is 13.5. The first-order valence-corrected chi connectivity index (χ1v) is 8.30. The van der Waals surface area contributed by atoms with Crippen molar-refractivity contribution in [3.8, 4) is 11.4 Å². The summed E-state index contributed by atoms with van der Waals surface area (Å²) in [6.45, 7) is 0. The van der Waals surface area contributed by atoms with Gasteiger partial charge in [0.2, 0.25) is 5.78 Å². The summed E-state index contributed by atoms with van der Waals surface area (Å²) in [6.07, 6.45) is -4.22. The van der Waals surface area contributed by atoms with Crippen molar-refractivity contribution in [3.05, 3.63) is 66.4 Å². The van der Waals surface area contributed by atoms with E-state index >= 15 is 0 Å². The first-order chi connectivity index (χ1) is 14.1. The number of imidazole rings is 1. The minimum absolute atomic E-state index is 0.0409. The lowest BCUT2D eigenvalue weighted by Gasteiger charge is -2.11. The second kappa shape index (κ2) is 6.97. The molecule has 0 radical (unpaired) electrons. The van der Waals surface area contributed by atoms with Crippen molar-refractivity contribution in [1.29, 1.82) is 0 Å². The molecule has 0 saturated carbocycles. The molecule has 0 unspecified atom stereocenters. The van der Waals surface area contributed by atoms with E-state index in [4.69, 9.17) is 0 Å². The van der Waals surface area contributed by atoms with E-state index in [-0.39, 0.29) is 28.7 Å². The van der Waals surface area contributed by atoms with Gasteiger partial charge in [-0.1, -0.05) is 0 Å². The molecule has 0 spiro atoms. The maximum Gasteiger partial charge on any atom is 0.435 e. The summed E-state index contributed by atoms with van der Waals surface area (Å²) in [6, 6.07) is 5.54. The minimum Gasteiger partial charge on any atom is -0.339 e. The Balaban J connectivity index is 1.73. The Labute approximate surface area is 164 Å². The van der Waals surface area contributed by atoms with E-state index in [1.54, 1.807) is 0 Å². The van der Waals surface area contributed by atoms with E-state index in [1.165, 1.54) is 36.8 Å². The van der Waals surface area contributed by atoms with Crippen LogP contribution < -0.4 is 5.32 Å². The lowest BCUT2D eigenvalue weighted by atomic mass is 10.2. The zero-order valence-electron chi connectivity index (χ0n) is 14.7. The quantitative estimate of drug-likeness (QED) is 0.471. The van der Waals surface area contributed by atoms with Crippen molar-refractivity contribution >= 4 is 17.3 Å². The van der Waals surface area contributed by atoms with Gasteiger partial charge in [0.1, 0.15) is 17.2 Å². The van der Waals surface area contributed by atoms with Gasteiger partial charge in [-0.15, -0.1) is 0 Å². The monoisotopic (exact) mass is 424 g/mol. The lowest BCUT2D eigenvalue weighted by Crippen LogP contribution is -2.09. The molecule has 0 aliphatic heterocycles. The summed E-state index contributed by atoms with van der Waals surface area (Å²) in [5.41, 5.74) is -2.25. The number of aromatic nitrogens is 5. The average Bonchev–Trinajstić information content (AvgIpc) is 3.08. The Kier molecular flexibility index (Phi) is 4.56. The molecular weight excluding hydrogens is 414 g/mol. The van der Waals surface area contributed by atoms with Crippen molar-refractivity contribution in [1.82, 2.24) is 24.3 Å². The Hall–Kier alpha value is -3.70. The molecule has 1 N–H and O–H groups in total. The second-order valence-electron chi connectivity index (χ2n) is 6.09. The van der Waals surface area contributed by atoms with Crippen LogP contribution in [-0.2, 0) is 12.4 Å². The normalized spacial score (nSPS) is 12.3. The fourth-order valence-corrected chi connectivity index (χ4v) is 2.76. The number of nitrogens with zero attached hydrogens (tertiary/aromatic N) is 5. The number of nitrogens with one attached hydrogen (secondary N) is 1. The van der Waals surface area contributed by atoms with Gasteiger partial charge in [0.05, 0.1) is 18.0 Å². The number of hydrogen-bond acceptors (Lipinski definition) is 5. The fraction of sp³-hybridized carbons (Fsp3) is 0.111. The summed E-state index contributed by atoms with van der Waals surface area (Å²) in [7, 11) is 0. The summed E-state index contributed by atoms with van der Waals surface area (Å²) >= 11 is 0. The summed E-state index contributed by atoms with van der Waals surface area (Å²) < 4.78 is 79.6. The van der Waals surface area contributed by atoms with E-state index in [9.17, 15) is 26.3 Å². The number of benzene rings is 1. The molecule has 4 rings (SSSR count). The summed E-state index contributed by atoms with van der Waals surface area (Å²) in [4.78, 5) is 15.4.